The average Bonchev–Trinajstić information content (AvgIpc) is 2.80. The predicted octanol–water partition coefficient (Wildman–Crippen LogP) is 2.15. The van der Waals surface area contributed by atoms with Crippen LogP contribution < -0.4 is 10.1 Å². The molecule has 2 rings (SSSR count). The molecule has 6 nitrogen and oxygen atoms in total. The summed E-state index contributed by atoms with van der Waals surface area (Å²) in [5, 5.41) is 3.28. The third-order valence-electron chi connectivity index (χ3n) is 2.79. The SMILES string of the molecule is CC(C)Oc1nc(Cl)nc(NCCC2CCOC2)n1. The molecule has 0 radical (unpaired) electrons. The Balaban J connectivity index is 1.86. The molecule has 0 amide bonds. The van der Waals surface area contributed by atoms with E-state index in [4.69, 9.17) is 21.1 Å². The van der Waals surface area contributed by atoms with Gasteiger partial charge in [-0.25, -0.2) is 0 Å². The number of nitrogens with one attached hydrogen (secondary N) is 1. The minimum Gasteiger partial charge on any atom is -0.461 e. The Morgan fingerprint density at radius 2 is 2.26 bits per heavy atom. The molecular weight excluding hydrogens is 268 g/mol. The van der Waals surface area contributed by atoms with Gasteiger partial charge in [0, 0.05) is 19.8 Å². The summed E-state index contributed by atoms with van der Waals surface area (Å²) in [4.78, 5) is 12.1. The van der Waals surface area contributed by atoms with Gasteiger partial charge < -0.3 is 14.8 Å². The molecule has 106 valence electrons. The first-order chi connectivity index (χ1) is 9.13. The molecule has 1 atom stereocenters. The van der Waals surface area contributed by atoms with Gasteiger partial charge in [0.2, 0.25) is 11.2 Å². The number of hydrogen-bond acceptors (Lipinski definition) is 6. The van der Waals surface area contributed by atoms with Gasteiger partial charge in [0.05, 0.1) is 6.10 Å². The summed E-state index contributed by atoms with van der Waals surface area (Å²) in [5.41, 5.74) is 0. The van der Waals surface area contributed by atoms with Crippen LogP contribution in [0.4, 0.5) is 5.95 Å². The molecule has 2 heterocycles. The van der Waals surface area contributed by atoms with E-state index >= 15 is 0 Å². The van der Waals surface area contributed by atoms with Gasteiger partial charge in [-0.1, -0.05) is 0 Å². The predicted molar refractivity (Wildman–Crippen MR) is 72.6 cm³/mol. The summed E-state index contributed by atoms with van der Waals surface area (Å²) in [6.45, 7) is 6.32. The van der Waals surface area contributed by atoms with Crippen LogP contribution in [0.5, 0.6) is 6.01 Å². The van der Waals surface area contributed by atoms with Gasteiger partial charge in [-0.05, 0) is 44.2 Å². The molecule has 1 aromatic rings. The molecule has 1 unspecified atom stereocenters. The van der Waals surface area contributed by atoms with E-state index in [0.29, 0.717) is 11.9 Å². The van der Waals surface area contributed by atoms with Crippen molar-refractivity contribution in [3.63, 3.8) is 0 Å². The van der Waals surface area contributed by atoms with Gasteiger partial charge in [-0.3, -0.25) is 0 Å². The lowest BCUT2D eigenvalue weighted by atomic mass is 10.1. The third-order valence-corrected chi connectivity index (χ3v) is 2.96. The van der Waals surface area contributed by atoms with E-state index < -0.39 is 0 Å². The second-order valence-electron chi connectivity index (χ2n) is 4.82. The number of anilines is 1. The van der Waals surface area contributed by atoms with E-state index in [0.717, 1.165) is 32.6 Å². The summed E-state index contributed by atoms with van der Waals surface area (Å²) < 4.78 is 10.7. The first-order valence-corrected chi connectivity index (χ1v) is 6.91. The Bertz CT molecular complexity index is 411. The molecule has 0 aromatic carbocycles. The van der Waals surface area contributed by atoms with Crippen molar-refractivity contribution in [3.05, 3.63) is 5.28 Å². The van der Waals surface area contributed by atoms with E-state index in [1.165, 1.54) is 0 Å². The zero-order valence-corrected chi connectivity index (χ0v) is 12.0. The van der Waals surface area contributed by atoms with Crippen LogP contribution in [0.2, 0.25) is 5.28 Å². The Morgan fingerprint density at radius 3 is 2.95 bits per heavy atom. The Labute approximate surface area is 117 Å². The van der Waals surface area contributed by atoms with Crippen molar-refractivity contribution >= 4 is 17.5 Å². The first-order valence-electron chi connectivity index (χ1n) is 6.53. The molecule has 0 saturated carbocycles. The van der Waals surface area contributed by atoms with Crippen LogP contribution >= 0.6 is 11.6 Å². The number of ether oxygens (including phenoxy) is 2. The van der Waals surface area contributed by atoms with Crippen molar-refractivity contribution in [1.82, 2.24) is 15.0 Å². The van der Waals surface area contributed by atoms with E-state index in [-0.39, 0.29) is 17.4 Å². The Kier molecular flexibility index (Phi) is 5.15. The van der Waals surface area contributed by atoms with Crippen molar-refractivity contribution in [2.75, 3.05) is 25.1 Å². The molecule has 1 saturated heterocycles. The van der Waals surface area contributed by atoms with E-state index in [2.05, 4.69) is 20.3 Å². The molecule has 1 aromatic heterocycles. The maximum absolute atomic E-state index is 5.84. The molecule has 1 aliphatic rings. The lowest BCUT2D eigenvalue weighted by Gasteiger charge is -2.11. The lowest BCUT2D eigenvalue weighted by Crippen LogP contribution is -2.13. The number of aromatic nitrogens is 3. The number of halogens is 1. The molecule has 0 aliphatic carbocycles. The summed E-state index contributed by atoms with van der Waals surface area (Å²) >= 11 is 5.84. The minimum absolute atomic E-state index is 0.00181. The van der Waals surface area contributed by atoms with Crippen LogP contribution in [-0.2, 0) is 4.74 Å². The second-order valence-corrected chi connectivity index (χ2v) is 5.16. The van der Waals surface area contributed by atoms with Crippen molar-refractivity contribution in [2.45, 2.75) is 32.8 Å². The molecule has 1 aliphatic heterocycles. The molecule has 0 spiro atoms. The van der Waals surface area contributed by atoms with Crippen LogP contribution in [0.1, 0.15) is 26.7 Å². The summed E-state index contributed by atoms with van der Waals surface area (Å²) in [5.74, 6) is 1.07. The zero-order valence-electron chi connectivity index (χ0n) is 11.2. The Hall–Kier alpha value is -1.14. The van der Waals surface area contributed by atoms with E-state index in [1.807, 2.05) is 13.8 Å². The normalized spacial score (nSPS) is 18.8. The van der Waals surface area contributed by atoms with Gasteiger partial charge >= 0.3 is 6.01 Å². The lowest BCUT2D eigenvalue weighted by molar-refractivity contribution is 0.185. The third kappa shape index (κ3) is 4.80. The van der Waals surface area contributed by atoms with Crippen LogP contribution in [0.3, 0.4) is 0 Å². The van der Waals surface area contributed by atoms with Gasteiger partial charge in [0.15, 0.2) is 0 Å². The Morgan fingerprint density at radius 1 is 1.42 bits per heavy atom. The topological polar surface area (TPSA) is 69.2 Å². The standard InChI is InChI=1S/C12H19ClN4O2/c1-8(2)19-12-16-10(13)15-11(17-12)14-5-3-9-4-6-18-7-9/h8-9H,3-7H2,1-2H3,(H,14,15,16,17). The summed E-state index contributed by atoms with van der Waals surface area (Å²) in [6, 6.07) is 0.252. The number of hydrogen-bond donors (Lipinski definition) is 1. The van der Waals surface area contributed by atoms with Crippen LogP contribution in [0, 0.1) is 5.92 Å². The largest absolute Gasteiger partial charge is 0.461 e. The van der Waals surface area contributed by atoms with Crippen LogP contribution in [0.25, 0.3) is 0 Å². The highest BCUT2D eigenvalue weighted by molar-refractivity contribution is 6.28. The van der Waals surface area contributed by atoms with Crippen molar-refractivity contribution in [1.29, 1.82) is 0 Å². The molecular formula is C12H19ClN4O2. The molecule has 0 bridgehead atoms. The highest BCUT2D eigenvalue weighted by Crippen LogP contribution is 2.17. The maximum atomic E-state index is 5.84. The second kappa shape index (κ2) is 6.86. The molecule has 7 heteroatoms. The van der Waals surface area contributed by atoms with Crippen molar-refractivity contribution in [3.8, 4) is 6.01 Å². The zero-order chi connectivity index (χ0) is 13.7. The van der Waals surface area contributed by atoms with E-state index in [1.54, 1.807) is 0 Å². The highest BCUT2D eigenvalue weighted by Gasteiger charge is 2.15. The smallest absolute Gasteiger partial charge is 0.322 e. The van der Waals surface area contributed by atoms with Gasteiger partial charge in [-0.2, -0.15) is 15.0 Å². The first kappa shape index (κ1) is 14.3. The average molecular weight is 287 g/mol. The molecule has 19 heavy (non-hydrogen) atoms. The maximum Gasteiger partial charge on any atom is 0.322 e. The van der Waals surface area contributed by atoms with Crippen molar-refractivity contribution < 1.29 is 9.47 Å². The van der Waals surface area contributed by atoms with Crippen LogP contribution in [-0.4, -0.2) is 40.8 Å². The van der Waals surface area contributed by atoms with Gasteiger partial charge in [0.25, 0.3) is 0 Å². The fourth-order valence-corrected chi connectivity index (χ4v) is 2.03. The molecule has 1 fully saturated rings. The van der Waals surface area contributed by atoms with Gasteiger partial charge in [0.1, 0.15) is 0 Å². The minimum atomic E-state index is 0.00181. The van der Waals surface area contributed by atoms with Crippen LogP contribution in [0.15, 0.2) is 0 Å². The van der Waals surface area contributed by atoms with E-state index in [9.17, 15) is 0 Å². The highest BCUT2D eigenvalue weighted by atomic mass is 35.5. The fourth-order valence-electron chi connectivity index (χ4n) is 1.87. The molecule has 1 N–H and O–H groups in total. The fraction of sp³-hybridized carbons (Fsp3) is 0.750. The number of rotatable bonds is 6. The summed E-state index contributed by atoms with van der Waals surface area (Å²) in [7, 11) is 0. The quantitative estimate of drug-likeness (QED) is 0.864. The van der Waals surface area contributed by atoms with Gasteiger partial charge in [-0.15, -0.1) is 0 Å². The summed E-state index contributed by atoms with van der Waals surface area (Å²) in [6.07, 6.45) is 2.16. The number of nitrogens with zero attached hydrogens (tertiary/aromatic N) is 3. The monoisotopic (exact) mass is 286 g/mol. The van der Waals surface area contributed by atoms with Crippen molar-refractivity contribution in [2.24, 2.45) is 5.92 Å².